The zero-order valence-corrected chi connectivity index (χ0v) is 23.7. The summed E-state index contributed by atoms with van der Waals surface area (Å²) in [7, 11) is 2.09. The molecule has 0 amide bonds. The van der Waals surface area contributed by atoms with Crippen LogP contribution in [0.5, 0.6) is 0 Å². The summed E-state index contributed by atoms with van der Waals surface area (Å²) < 4.78 is 30.4. The molecule has 4 aliphatic heterocycles. The zero-order chi connectivity index (χ0) is 29.8. The first-order chi connectivity index (χ1) is 20.0. The van der Waals surface area contributed by atoms with Gasteiger partial charge < -0.3 is 34.3 Å². The van der Waals surface area contributed by atoms with Gasteiger partial charge in [0.15, 0.2) is 18.0 Å². The number of fused-ring (bicyclic) bond motifs is 4. The Kier molecular flexibility index (Phi) is 6.97. The normalized spacial score (nSPS) is 34.3. The molecule has 4 aliphatic rings. The Hall–Kier alpha value is -3.96. The molecule has 2 N–H and O–H groups in total. The smallest absolute Gasteiger partial charge is 0.455 e. The van der Waals surface area contributed by atoms with E-state index in [-0.39, 0.29) is 30.5 Å². The number of esters is 2. The van der Waals surface area contributed by atoms with Crippen molar-refractivity contribution in [3.8, 4) is 6.07 Å². The molecule has 224 valence electrons. The highest BCUT2D eigenvalue weighted by molar-refractivity contribution is 5.75. The summed E-state index contributed by atoms with van der Waals surface area (Å²) in [6.45, 7) is 3.07. The number of nitrogen functional groups attached to an aromatic ring is 1. The Labute approximate surface area is 242 Å². The number of piperidine rings is 1. The van der Waals surface area contributed by atoms with Crippen LogP contribution in [0.3, 0.4) is 0 Å². The molecule has 6 heterocycles. The zero-order valence-electron chi connectivity index (χ0n) is 23.7. The van der Waals surface area contributed by atoms with Crippen molar-refractivity contribution < 1.29 is 38.1 Å². The van der Waals surface area contributed by atoms with Gasteiger partial charge in [-0.2, -0.15) is 10.4 Å². The Bertz CT molecular complexity index is 1440. The molecule has 7 atom stereocenters. The van der Waals surface area contributed by atoms with Gasteiger partial charge in [-0.1, -0.05) is 13.8 Å². The van der Waals surface area contributed by atoms with E-state index in [1.165, 1.54) is 10.8 Å². The first-order valence-electron chi connectivity index (χ1n) is 14.1. The van der Waals surface area contributed by atoms with Gasteiger partial charge in [0.05, 0.1) is 18.5 Å². The van der Waals surface area contributed by atoms with E-state index in [0.717, 1.165) is 25.7 Å². The first kappa shape index (κ1) is 28.2. The van der Waals surface area contributed by atoms with Crippen molar-refractivity contribution in [2.24, 2.45) is 5.41 Å². The molecule has 0 spiro atoms. The van der Waals surface area contributed by atoms with Crippen LogP contribution in [0.2, 0.25) is 0 Å². The second-order valence-electron chi connectivity index (χ2n) is 12.4. The van der Waals surface area contributed by atoms with Crippen molar-refractivity contribution >= 4 is 29.4 Å². The molecule has 2 bridgehead atoms. The van der Waals surface area contributed by atoms with Crippen molar-refractivity contribution in [2.45, 2.75) is 94.5 Å². The van der Waals surface area contributed by atoms with Gasteiger partial charge in [0, 0.05) is 24.9 Å². The van der Waals surface area contributed by atoms with Gasteiger partial charge in [-0.05, 0) is 37.4 Å². The molecule has 42 heavy (non-hydrogen) atoms. The van der Waals surface area contributed by atoms with Crippen LogP contribution in [0, 0.1) is 16.7 Å². The Morgan fingerprint density at radius 1 is 1.17 bits per heavy atom. The molecule has 0 radical (unpaired) electrons. The van der Waals surface area contributed by atoms with Crippen LogP contribution in [-0.2, 0) is 38.9 Å². The van der Waals surface area contributed by atoms with Crippen LogP contribution < -0.4 is 5.73 Å². The number of hydrogen-bond acceptors (Lipinski definition) is 13. The topological polar surface area (TPSA) is 181 Å². The van der Waals surface area contributed by atoms with Crippen molar-refractivity contribution in [2.75, 3.05) is 19.4 Å². The molecule has 14 heteroatoms. The Morgan fingerprint density at radius 3 is 2.55 bits per heavy atom. The van der Waals surface area contributed by atoms with Crippen LogP contribution in [0.4, 0.5) is 10.6 Å². The van der Waals surface area contributed by atoms with Gasteiger partial charge in [-0.25, -0.2) is 14.3 Å². The maximum absolute atomic E-state index is 13.1. The standard InChI is InChI=1S/C28H34N6O8/c1-27(2)10-21(35)40-23-19(12-38-26(37)39-17-8-15-4-5-16(9-17)33(15)3)42-28(13-29,24(23)41-22(36)11-27)20-7-6-18-25(30)31-14-32-34(18)20/h6-7,14-17,19,23-24H,4-5,8-12H2,1-3H3,(H2,30,31,32)/t15-,16+,17?,19-,23-,24-,28+/m1/s1. The van der Waals surface area contributed by atoms with Crippen LogP contribution in [0.25, 0.3) is 5.52 Å². The highest BCUT2D eigenvalue weighted by atomic mass is 16.7. The lowest BCUT2D eigenvalue weighted by Gasteiger charge is -2.35. The Balaban J connectivity index is 1.29. The molecule has 1 unspecified atom stereocenters. The van der Waals surface area contributed by atoms with E-state index in [0.29, 0.717) is 17.6 Å². The van der Waals surface area contributed by atoms with Gasteiger partial charge in [0.2, 0.25) is 5.60 Å². The molecule has 2 aromatic rings. The number of ether oxygens (including phenoxy) is 5. The Morgan fingerprint density at radius 2 is 1.86 bits per heavy atom. The van der Waals surface area contributed by atoms with E-state index in [1.54, 1.807) is 26.0 Å². The fourth-order valence-electron chi connectivity index (χ4n) is 6.80. The van der Waals surface area contributed by atoms with Crippen molar-refractivity contribution in [3.05, 3.63) is 24.2 Å². The van der Waals surface area contributed by atoms with E-state index in [1.807, 2.05) is 0 Å². The average molecular weight is 583 g/mol. The minimum absolute atomic E-state index is 0.0727. The number of hydrogen-bond donors (Lipinski definition) is 1. The number of anilines is 1. The molecular formula is C28H34N6O8. The van der Waals surface area contributed by atoms with Crippen molar-refractivity contribution in [1.82, 2.24) is 19.5 Å². The highest BCUT2D eigenvalue weighted by Gasteiger charge is 2.63. The van der Waals surface area contributed by atoms with Crippen LogP contribution in [-0.4, -0.2) is 87.7 Å². The van der Waals surface area contributed by atoms with Gasteiger partial charge in [0.1, 0.15) is 36.7 Å². The average Bonchev–Trinajstić information content (AvgIpc) is 3.53. The number of nitrogens with zero attached hydrogens (tertiary/aromatic N) is 5. The predicted octanol–water partition coefficient (Wildman–Crippen LogP) is 1.85. The number of nitriles is 1. The lowest BCUT2D eigenvalue weighted by molar-refractivity contribution is -0.166. The summed E-state index contributed by atoms with van der Waals surface area (Å²) in [6.07, 6.45) is -0.383. The summed E-state index contributed by atoms with van der Waals surface area (Å²) in [5.41, 5.74) is 3.84. The molecule has 2 aromatic heterocycles. The summed E-state index contributed by atoms with van der Waals surface area (Å²) in [5, 5.41) is 14.8. The van der Waals surface area contributed by atoms with Gasteiger partial charge in [0.25, 0.3) is 0 Å². The molecule has 6 rings (SSSR count). The van der Waals surface area contributed by atoms with Crippen molar-refractivity contribution in [3.63, 3.8) is 0 Å². The minimum Gasteiger partial charge on any atom is -0.455 e. The second-order valence-corrected chi connectivity index (χ2v) is 12.4. The van der Waals surface area contributed by atoms with Gasteiger partial charge in [-0.3, -0.25) is 9.59 Å². The van der Waals surface area contributed by atoms with E-state index >= 15 is 0 Å². The summed E-state index contributed by atoms with van der Waals surface area (Å²) >= 11 is 0. The highest BCUT2D eigenvalue weighted by Crippen LogP contribution is 2.45. The maximum atomic E-state index is 13.1. The lowest BCUT2D eigenvalue weighted by Crippen LogP contribution is -2.46. The SMILES string of the molecule is CN1[C@@H]2CC[C@H]1CC(OC(=O)OC[C@H]1O[C@@](C#N)(c3ccc4c(N)ncnn34)[C@@H]3OC(=O)CC(C)(C)CC(=O)O[C@@H]31)C2. The molecule has 4 fully saturated rings. The third-order valence-electron chi connectivity index (χ3n) is 8.89. The van der Waals surface area contributed by atoms with E-state index in [4.69, 9.17) is 29.4 Å². The van der Waals surface area contributed by atoms with Crippen LogP contribution in [0.15, 0.2) is 18.5 Å². The monoisotopic (exact) mass is 582 g/mol. The van der Waals surface area contributed by atoms with Gasteiger partial charge in [-0.15, -0.1) is 0 Å². The molecule has 0 aliphatic carbocycles. The van der Waals surface area contributed by atoms with E-state index in [2.05, 4.69) is 28.1 Å². The van der Waals surface area contributed by atoms with Crippen LogP contribution >= 0.6 is 0 Å². The lowest BCUT2D eigenvalue weighted by atomic mass is 9.86. The molecular weight excluding hydrogens is 548 g/mol. The van der Waals surface area contributed by atoms with Crippen LogP contribution in [0.1, 0.15) is 58.1 Å². The number of rotatable bonds is 4. The quantitative estimate of drug-likeness (QED) is 0.408. The minimum atomic E-state index is -1.99. The fourth-order valence-corrected chi connectivity index (χ4v) is 6.80. The molecule has 0 saturated carbocycles. The van der Waals surface area contributed by atoms with E-state index < -0.39 is 54.0 Å². The fraction of sp³-hybridized carbons (Fsp3) is 0.643. The first-order valence-corrected chi connectivity index (χ1v) is 14.1. The van der Waals surface area contributed by atoms with Crippen molar-refractivity contribution in [1.29, 1.82) is 5.26 Å². The molecule has 14 nitrogen and oxygen atoms in total. The number of nitrogens with two attached hydrogens (primary N) is 1. The third kappa shape index (κ3) is 4.90. The summed E-state index contributed by atoms with van der Waals surface area (Å²) in [5.74, 6) is -1.08. The van der Waals surface area contributed by atoms with E-state index in [9.17, 15) is 19.6 Å². The second kappa shape index (κ2) is 10.4. The molecule has 0 aromatic carbocycles. The largest absolute Gasteiger partial charge is 0.508 e. The molecule has 4 saturated heterocycles. The summed E-state index contributed by atoms with van der Waals surface area (Å²) in [6, 6.07) is 6.01. The number of carbonyl (C=O) groups excluding carboxylic acids is 3. The third-order valence-corrected chi connectivity index (χ3v) is 8.89. The summed E-state index contributed by atoms with van der Waals surface area (Å²) in [4.78, 5) is 45.2. The predicted molar refractivity (Wildman–Crippen MR) is 142 cm³/mol. The number of aromatic nitrogens is 3. The maximum Gasteiger partial charge on any atom is 0.508 e. The van der Waals surface area contributed by atoms with Gasteiger partial charge >= 0.3 is 18.1 Å². The number of carbonyl (C=O) groups is 3.